The van der Waals surface area contributed by atoms with Crippen molar-refractivity contribution < 1.29 is 5.11 Å². The zero-order valence-electron chi connectivity index (χ0n) is 11.7. The van der Waals surface area contributed by atoms with Crippen molar-refractivity contribution in [1.82, 2.24) is 9.88 Å². The Hall–Kier alpha value is -0.800. The minimum atomic E-state index is -0.0463. The summed E-state index contributed by atoms with van der Waals surface area (Å²) in [7, 11) is 0. The molecule has 18 heavy (non-hydrogen) atoms. The van der Waals surface area contributed by atoms with Crippen LogP contribution in [0.1, 0.15) is 45.2 Å². The molecule has 2 N–H and O–H groups in total. The average Bonchev–Trinajstić information content (AvgIpc) is 2.86. The van der Waals surface area contributed by atoms with Crippen LogP contribution in [-0.4, -0.2) is 21.8 Å². The fourth-order valence-electron chi connectivity index (χ4n) is 2.90. The number of nitrogens with one attached hydrogen (secondary N) is 1. The largest absolute Gasteiger partial charge is 0.394 e. The van der Waals surface area contributed by atoms with Crippen LogP contribution in [0.4, 0.5) is 0 Å². The van der Waals surface area contributed by atoms with Crippen molar-refractivity contribution in [2.75, 3.05) is 6.61 Å². The molecular weight excluding hydrogens is 224 g/mol. The summed E-state index contributed by atoms with van der Waals surface area (Å²) in [6, 6.07) is 4.25. The number of rotatable bonds is 5. The Morgan fingerprint density at radius 1 is 1.44 bits per heavy atom. The molecule has 0 unspecified atom stereocenters. The Bertz CT molecular complexity index is 364. The van der Waals surface area contributed by atoms with Gasteiger partial charge >= 0.3 is 0 Å². The van der Waals surface area contributed by atoms with Gasteiger partial charge in [-0.1, -0.05) is 6.92 Å². The van der Waals surface area contributed by atoms with Gasteiger partial charge in [0.25, 0.3) is 0 Å². The molecule has 0 amide bonds. The van der Waals surface area contributed by atoms with Gasteiger partial charge in [-0.3, -0.25) is 0 Å². The van der Waals surface area contributed by atoms with Gasteiger partial charge in [0.15, 0.2) is 0 Å². The molecule has 1 aromatic rings. The van der Waals surface area contributed by atoms with Gasteiger partial charge in [-0.15, -0.1) is 0 Å². The van der Waals surface area contributed by atoms with Crippen LogP contribution in [0.25, 0.3) is 0 Å². The van der Waals surface area contributed by atoms with Crippen molar-refractivity contribution in [3.63, 3.8) is 0 Å². The summed E-state index contributed by atoms with van der Waals surface area (Å²) in [4.78, 5) is 0. The van der Waals surface area contributed by atoms with E-state index in [1.165, 1.54) is 18.5 Å². The smallest absolute Gasteiger partial charge is 0.0613 e. The third-order valence-corrected chi connectivity index (χ3v) is 4.44. The molecule has 102 valence electrons. The molecule has 0 radical (unpaired) electrons. The molecule has 1 saturated carbocycles. The van der Waals surface area contributed by atoms with Crippen molar-refractivity contribution in [2.45, 2.75) is 58.2 Å². The van der Waals surface area contributed by atoms with Gasteiger partial charge in [0, 0.05) is 30.5 Å². The number of nitrogens with zero attached hydrogens (tertiary/aromatic N) is 1. The normalized spacial score (nSPS) is 28.5. The SMILES string of the molecule is CCn1cccc1CNC1(CO)CCC(C)CC1. The van der Waals surface area contributed by atoms with E-state index in [9.17, 15) is 5.11 Å². The average molecular weight is 250 g/mol. The number of hydrogen-bond acceptors (Lipinski definition) is 2. The molecule has 1 aliphatic carbocycles. The van der Waals surface area contributed by atoms with Gasteiger partial charge in [0.05, 0.1) is 6.61 Å². The standard InChI is InChI=1S/C15H26N2O/c1-3-17-10-4-5-14(17)11-16-15(12-18)8-6-13(2)7-9-15/h4-5,10,13,16,18H,3,6-9,11-12H2,1-2H3. The molecule has 3 nitrogen and oxygen atoms in total. The third kappa shape index (κ3) is 2.96. The lowest BCUT2D eigenvalue weighted by atomic mass is 9.77. The van der Waals surface area contributed by atoms with Gasteiger partial charge in [-0.25, -0.2) is 0 Å². The summed E-state index contributed by atoms with van der Waals surface area (Å²) in [6.45, 7) is 6.59. The van der Waals surface area contributed by atoms with E-state index in [-0.39, 0.29) is 12.1 Å². The summed E-state index contributed by atoms with van der Waals surface area (Å²) in [5.74, 6) is 0.811. The van der Waals surface area contributed by atoms with Crippen LogP contribution in [0.2, 0.25) is 0 Å². The highest BCUT2D eigenvalue weighted by Crippen LogP contribution is 2.31. The van der Waals surface area contributed by atoms with E-state index in [0.29, 0.717) is 0 Å². The predicted molar refractivity (Wildman–Crippen MR) is 74.4 cm³/mol. The van der Waals surface area contributed by atoms with E-state index >= 15 is 0 Å². The second-order valence-corrected chi connectivity index (χ2v) is 5.76. The van der Waals surface area contributed by atoms with Crippen molar-refractivity contribution in [1.29, 1.82) is 0 Å². The molecule has 0 spiro atoms. The molecule has 0 bridgehead atoms. The van der Waals surface area contributed by atoms with E-state index in [1.807, 2.05) is 0 Å². The highest BCUT2D eigenvalue weighted by molar-refractivity contribution is 5.08. The van der Waals surface area contributed by atoms with Crippen molar-refractivity contribution >= 4 is 0 Å². The van der Waals surface area contributed by atoms with Crippen molar-refractivity contribution in [3.8, 4) is 0 Å². The van der Waals surface area contributed by atoms with Gasteiger partial charge in [-0.2, -0.15) is 0 Å². The van der Waals surface area contributed by atoms with E-state index in [4.69, 9.17) is 0 Å². The molecule has 1 aromatic heterocycles. The molecule has 1 aliphatic rings. The maximum Gasteiger partial charge on any atom is 0.0613 e. The number of aromatic nitrogens is 1. The summed E-state index contributed by atoms with van der Waals surface area (Å²) < 4.78 is 2.25. The molecule has 3 heteroatoms. The number of hydrogen-bond donors (Lipinski definition) is 2. The highest BCUT2D eigenvalue weighted by Gasteiger charge is 2.33. The maximum atomic E-state index is 9.71. The van der Waals surface area contributed by atoms with Gasteiger partial charge in [0.1, 0.15) is 0 Å². The Kier molecular flexibility index (Phi) is 4.46. The first-order valence-corrected chi connectivity index (χ1v) is 7.19. The third-order valence-electron chi connectivity index (χ3n) is 4.44. The monoisotopic (exact) mass is 250 g/mol. The minimum absolute atomic E-state index is 0.0463. The van der Waals surface area contributed by atoms with Crippen molar-refractivity contribution in [2.24, 2.45) is 5.92 Å². The molecule has 1 fully saturated rings. The van der Waals surface area contributed by atoms with Gasteiger partial charge in [-0.05, 0) is 50.7 Å². The molecule has 1 heterocycles. The Morgan fingerprint density at radius 2 is 2.17 bits per heavy atom. The summed E-state index contributed by atoms with van der Waals surface area (Å²) >= 11 is 0. The Labute approximate surface area is 110 Å². The minimum Gasteiger partial charge on any atom is -0.394 e. The molecule has 0 aromatic carbocycles. The molecule has 0 atom stereocenters. The van der Waals surface area contributed by atoms with E-state index in [0.717, 1.165) is 31.8 Å². The zero-order valence-corrected chi connectivity index (χ0v) is 11.7. The number of aliphatic hydroxyl groups excluding tert-OH is 1. The van der Waals surface area contributed by atoms with Crippen LogP contribution in [0.15, 0.2) is 18.3 Å². The van der Waals surface area contributed by atoms with Crippen LogP contribution in [0.3, 0.4) is 0 Å². The highest BCUT2D eigenvalue weighted by atomic mass is 16.3. The lowest BCUT2D eigenvalue weighted by molar-refractivity contribution is 0.103. The van der Waals surface area contributed by atoms with Crippen molar-refractivity contribution in [3.05, 3.63) is 24.0 Å². The topological polar surface area (TPSA) is 37.2 Å². The lowest BCUT2D eigenvalue weighted by Crippen LogP contribution is -2.50. The Morgan fingerprint density at radius 3 is 2.78 bits per heavy atom. The number of aryl methyl sites for hydroxylation is 1. The second kappa shape index (κ2) is 5.89. The summed E-state index contributed by atoms with van der Waals surface area (Å²) in [5, 5.41) is 13.3. The van der Waals surface area contributed by atoms with Crippen LogP contribution < -0.4 is 5.32 Å². The molecule has 2 rings (SSSR count). The van der Waals surface area contributed by atoms with Gasteiger partial charge < -0.3 is 15.0 Å². The predicted octanol–water partition coefficient (Wildman–Crippen LogP) is 2.54. The molecular formula is C15H26N2O. The fraction of sp³-hybridized carbons (Fsp3) is 0.733. The maximum absolute atomic E-state index is 9.71. The quantitative estimate of drug-likeness (QED) is 0.842. The molecule has 0 saturated heterocycles. The van der Waals surface area contributed by atoms with Crippen LogP contribution in [0.5, 0.6) is 0 Å². The summed E-state index contributed by atoms with van der Waals surface area (Å²) in [6.07, 6.45) is 6.76. The zero-order chi connectivity index (χ0) is 13.0. The second-order valence-electron chi connectivity index (χ2n) is 5.76. The van der Waals surface area contributed by atoms with E-state index in [2.05, 4.69) is 42.1 Å². The van der Waals surface area contributed by atoms with E-state index < -0.39 is 0 Å². The molecule has 0 aliphatic heterocycles. The van der Waals surface area contributed by atoms with Crippen LogP contribution >= 0.6 is 0 Å². The number of aliphatic hydroxyl groups is 1. The van der Waals surface area contributed by atoms with E-state index in [1.54, 1.807) is 0 Å². The fourth-order valence-corrected chi connectivity index (χ4v) is 2.90. The van der Waals surface area contributed by atoms with Crippen LogP contribution in [0, 0.1) is 5.92 Å². The first kappa shape index (κ1) is 13.6. The lowest BCUT2D eigenvalue weighted by Gasteiger charge is -2.39. The van der Waals surface area contributed by atoms with Crippen LogP contribution in [-0.2, 0) is 13.1 Å². The first-order chi connectivity index (χ1) is 8.69. The summed E-state index contributed by atoms with van der Waals surface area (Å²) in [5.41, 5.74) is 1.26. The van der Waals surface area contributed by atoms with Gasteiger partial charge in [0.2, 0.25) is 0 Å². The Balaban J connectivity index is 1.95. The first-order valence-electron chi connectivity index (χ1n) is 7.19.